The molecule has 3 rings (SSSR count). The number of aliphatic imine (C=N–C) groups is 1. The molecular formula is C40H68N12O12S. The SMILES string of the molecule is CSCC[C@H](NC(=O)[C@@H](N)CO)C(=O)N1CCC[C@H]1C(=O)N1CCC[C@H]1C(=O)N1CCC[C@H]1C(=O)NCC(=O)N[C@H](C(=O)N[C@@H](CCCN=C(N)N)C(=O)N[C@H](C(=O)O)C(C)C)[C@@H](C)O. The Kier molecular flexibility index (Phi) is 21.6. The zero-order valence-corrected chi connectivity index (χ0v) is 38.3. The molecule has 25 heteroatoms. The number of nitrogens with two attached hydrogens (primary N) is 3. The number of nitrogens with one attached hydrogen (secondary N) is 5. The predicted molar refractivity (Wildman–Crippen MR) is 237 cm³/mol. The van der Waals surface area contributed by atoms with Crippen molar-refractivity contribution in [3.05, 3.63) is 0 Å². The van der Waals surface area contributed by atoms with Crippen LogP contribution < -0.4 is 43.8 Å². The van der Waals surface area contributed by atoms with Crippen LogP contribution in [0.2, 0.25) is 0 Å². The van der Waals surface area contributed by atoms with Crippen LogP contribution in [0.15, 0.2) is 4.99 Å². The molecule has 0 aromatic rings. The highest BCUT2D eigenvalue weighted by Crippen LogP contribution is 2.29. The van der Waals surface area contributed by atoms with Gasteiger partial charge in [0.15, 0.2) is 5.96 Å². The number of amides is 8. The minimum Gasteiger partial charge on any atom is -0.480 e. The molecule has 65 heavy (non-hydrogen) atoms. The molecule has 0 bridgehead atoms. The third-order valence-electron chi connectivity index (χ3n) is 11.6. The number of nitrogens with zero attached hydrogens (tertiary/aromatic N) is 4. The van der Waals surface area contributed by atoms with Crippen molar-refractivity contribution in [2.24, 2.45) is 28.1 Å². The fourth-order valence-electron chi connectivity index (χ4n) is 8.03. The minimum absolute atomic E-state index is 0.0418. The first-order valence-corrected chi connectivity index (χ1v) is 23.3. The van der Waals surface area contributed by atoms with Crippen LogP contribution in [0.4, 0.5) is 0 Å². The van der Waals surface area contributed by atoms with Crippen molar-refractivity contribution < 1.29 is 58.5 Å². The lowest BCUT2D eigenvalue weighted by atomic mass is 10.0. The monoisotopic (exact) mass is 940 g/mol. The lowest BCUT2D eigenvalue weighted by Gasteiger charge is -2.35. The van der Waals surface area contributed by atoms with Gasteiger partial charge in [-0.05, 0) is 82.6 Å². The van der Waals surface area contributed by atoms with Crippen LogP contribution in [0.25, 0.3) is 0 Å². The van der Waals surface area contributed by atoms with E-state index < -0.39 is 127 Å². The van der Waals surface area contributed by atoms with Gasteiger partial charge in [0.25, 0.3) is 0 Å². The van der Waals surface area contributed by atoms with Crippen LogP contribution in [-0.4, -0.2) is 195 Å². The maximum atomic E-state index is 14.1. The maximum Gasteiger partial charge on any atom is 0.326 e. The molecule has 0 aliphatic carbocycles. The van der Waals surface area contributed by atoms with E-state index in [2.05, 4.69) is 31.6 Å². The zero-order chi connectivity index (χ0) is 48.5. The van der Waals surface area contributed by atoms with Crippen molar-refractivity contribution in [2.75, 3.05) is 51.3 Å². The Balaban J connectivity index is 1.65. The second kappa shape index (κ2) is 26.0. The number of carboxylic acids is 1. The van der Waals surface area contributed by atoms with Crippen LogP contribution in [-0.2, 0) is 43.2 Å². The van der Waals surface area contributed by atoms with Crippen molar-refractivity contribution in [3.63, 3.8) is 0 Å². The highest BCUT2D eigenvalue weighted by atomic mass is 32.2. The zero-order valence-electron chi connectivity index (χ0n) is 37.5. The number of thioether (sulfide) groups is 1. The van der Waals surface area contributed by atoms with Gasteiger partial charge >= 0.3 is 5.97 Å². The molecule has 0 aromatic carbocycles. The van der Waals surface area contributed by atoms with Gasteiger partial charge in [-0.25, -0.2) is 4.79 Å². The molecule has 3 fully saturated rings. The van der Waals surface area contributed by atoms with Crippen molar-refractivity contribution in [1.82, 2.24) is 41.3 Å². The summed E-state index contributed by atoms with van der Waals surface area (Å²) in [5, 5.41) is 41.7. The second-order valence-corrected chi connectivity index (χ2v) is 17.8. The topological polar surface area (TPSA) is 375 Å². The molecule has 0 aromatic heterocycles. The lowest BCUT2D eigenvalue weighted by molar-refractivity contribution is -0.151. The molecule has 24 nitrogen and oxygen atoms in total. The molecule has 0 unspecified atom stereocenters. The summed E-state index contributed by atoms with van der Waals surface area (Å²) in [6.45, 7) is 3.92. The van der Waals surface area contributed by atoms with Crippen LogP contribution >= 0.6 is 11.8 Å². The van der Waals surface area contributed by atoms with E-state index in [1.165, 1.54) is 33.4 Å². The van der Waals surface area contributed by atoms with E-state index in [0.29, 0.717) is 37.9 Å². The largest absolute Gasteiger partial charge is 0.480 e. The highest BCUT2D eigenvalue weighted by molar-refractivity contribution is 7.98. The molecule has 366 valence electrons. The third-order valence-corrected chi connectivity index (χ3v) is 12.2. The predicted octanol–water partition coefficient (Wildman–Crippen LogP) is -4.74. The molecule has 0 spiro atoms. The van der Waals surface area contributed by atoms with Gasteiger partial charge in [-0.2, -0.15) is 11.8 Å². The molecule has 3 aliphatic rings. The fourth-order valence-corrected chi connectivity index (χ4v) is 8.50. The van der Waals surface area contributed by atoms with E-state index in [-0.39, 0.29) is 57.8 Å². The Morgan fingerprint density at radius 3 is 1.83 bits per heavy atom. The summed E-state index contributed by atoms with van der Waals surface area (Å²) in [5.41, 5.74) is 16.4. The van der Waals surface area contributed by atoms with E-state index in [0.717, 1.165) is 0 Å². The van der Waals surface area contributed by atoms with Gasteiger partial charge in [-0.1, -0.05) is 13.8 Å². The quantitative estimate of drug-likeness (QED) is 0.0246. The lowest BCUT2D eigenvalue weighted by Crippen LogP contribution is -2.59. The van der Waals surface area contributed by atoms with Crippen molar-refractivity contribution in [2.45, 2.75) is 133 Å². The van der Waals surface area contributed by atoms with Crippen molar-refractivity contribution >= 4 is 70.9 Å². The van der Waals surface area contributed by atoms with Crippen molar-refractivity contribution in [1.29, 1.82) is 0 Å². The molecule has 8 amide bonds. The van der Waals surface area contributed by atoms with Gasteiger partial charge in [0, 0.05) is 26.2 Å². The minimum atomic E-state index is -1.61. The van der Waals surface area contributed by atoms with Crippen LogP contribution in [0.5, 0.6) is 0 Å². The highest BCUT2D eigenvalue weighted by Gasteiger charge is 2.46. The number of guanidine groups is 1. The normalized spacial score (nSPS) is 21.0. The van der Waals surface area contributed by atoms with E-state index in [1.807, 2.05) is 6.26 Å². The van der Waals surface area contributed by atoms with Crippen LogP contribution in [0.1, 0.15) is 78.6 Å². The van der Waals surface area contributed by atoms with Crippen LogP contribution in [0.3, 0.4) is 0 Å². The maximum absolute atomic E-state index is 14.1. The number of carbonyl (C=O) groups excluding carboxylic acids is 8. The summed E-state index contributed by atoms with van der Waals surface area (Å²) in [4.78, 5) is 128. The van der Waals surface area contributed by atoms with Gasteiger partial charge in [-0.15, -0.1) is 0 Å². The van der Waals surface area contributed by atoms with Gasteiger partial charge in [-0.3, -0.25) is 43.3 Å². The van der Waals surface area contributed by atoms with Gasteiger partial charge in [0.1, 0.15) is 48.3 Å². The van der Waals surface area contributed by atoms with E-state index in [9.17, 15) is 58.5 Å². The summed E-state index contributed by atoms with van der Waals surface area (Å²) in [7, 11) is 0. The first kappa shape index (κ1) is 54.1. The van der Waals surface area contributed by atoms with E-state index in [4.69, 9.17) is 17.2 Å². The summed E-state index contributed by atoms with van der Waals surface area (Å²) in [6, 6.07) is -9.19. The number of likely N-dealkylation sites (tertiary alicyclic amines) is 3. The third kappa shape index (κ3) is 15.4. The Hall–Kier alpha value is -5.27. The number of aliphatic carboxylic acids is 1. The Labute approximate surface area is 382 Å². The number of hydrogen-bond acceptors (Lipinski definition) is 14. The number of rotatable bonds is 24. The number of carbonyl (C=O) groups is 9. The summed E-state index contributed by atoms with van der Waals surface area (Å²) in [5.74, 6) is -6.86. The molecule has 0 radical (unpaired) electrons. The first-order valence-electron chi connectivity index (χ1n) is 21.9. The van der Waals surface area contributed by atoms with Crippen molar-refractivity contribution in [3.8, 4) is 0 Å². The Morgan fingerprint density at radius 2 is 1.29 bits per heavy atom. The second-order valence-electron chi connectivity index (χ2n) is 16.8. The summed E-state index contributed by atoms with van der Waals surface area (Å²) >= 11 is 1.47. The van der Waals surface area contributed by atoms with E-state index >= 15 is 0 Å². The first-order chi connectivity index (χ1) is 30.7. The van der Waals surface area contributed by atoms with E-state index in [1.54, 1.807) is 13.8 Å². The number of aliphatic hydroxyl groups excluding tert-OH is 2. The molecular weight excluding hydrogens is 873 g/mol. The fraction of sp³-hybridized carbons (Fsp3) is 0.750. The van der Waals surface area contributed by atoms with Gasteiger partial charge < -0.3 is 73.8 Å². The van der Waals surface area contributed by atoms with Gasteiger partial charge in [0.05, 0.1) is 19.3 Å². The molecule has 3 saturated heterocycles. The van der Waals surface area contributed by atoms with Gasteiger partial charge in [0.2, 0.25) is 47.3 Å². The molecule has 14 N–H and O–H groups in total. The molecule has 0 saturated carbocycles. The number of carboxylic acid groups (broad SMARTS) is 1. The average molecular weight is 941 g/mol. The molecule has 3 aliphatic heterocycles. The number of aliphatic hydroxyl groups is 2. The standard InChI is InChI=1S/C40H68N12O12S/c1-21(2)30(39(63)64)49-33(57)24(9-5-14-44-40(42)43)46-35(59)31(22(3)54)48-29(55)19-45-34(58)26-10-6-15-50(26)37(61)28-12-8-17-52(28)38(62)27-11-7-16-51(27)36(60)25(13-18-65-4)47-32(56)23(41)20-53/h21-28,30-31,53-54H,5-20,41H2,1-4H3,(H,45,58)(H,46,59)(H,47,56)(H,48,55)(H,49,57)(H,63,64)(H4,42,43,44)/t22-,23+,24+,25+,26+,27+,28+,30+,31+/m1/s1. The summed E-state index contributed by atoms with van der Waals surface area (Å²) < 4.78 is 0. The number of hydrogen-bond donors (Lipinski definition) is 11. The smallest absolute Gasteiger partial charge is 0.326 e. The average Bonchev–Trinajstić information content (AvgIpc) is 4.07. The summed E-state index contributed by atoms with van der Waals surface area (Å²) in [6.07, 6.45) is 3.18. The Morgan fingerprint density at radius 1 is 0.738 bits per heavy atom. The van der Waals surface area contributed by atoms with Crippen LogP contribution in [0, 0.1) is 5.92 Å². The molecule has 9 atom stereocenters. The Bertz CT molecular complexity index is 1750. The molecule has 3 heterocycles.